The van der Waals surface area contributed by atoms with Gasteiger partial charge in [0.2, 0.25) is 5.95 Å². The van der Waals surface area contributed by atoms with E-state index in [2.05, 4.69) is 20.5 Å². The van der Waals surface area contributed by atoms with Crippen molar-refractivity contribution in [2.45, 2.75) is 0 Å². The van der Waals surface area contributed by atoms with Gasteiger partial charge in [-0.15, -0.1) is 0 Å². The van der Waals surface area contributed by atoms with Crippen LogP contribution in [0.25, 0.3) is 22.4 Å². The Bertz CT molecular complexity index is 1430. The monoisotopic (exact) mass is 439 g/mol. The zero-order valence-corrected chi connectivity index (χ0v) is 17.5. The molecule has 0 saturated heterocycles. The highest BCUT2D eigenvalue weighted by molar-refractivity contribution is 5.84. The lowest BCUT2D eigenvalue weighted by molar-refractivity contribution is 0.415. The molecule has 4 rings (SSSR count). The van der Waals surface area contributed by atoms with Crippen LogP contribution in [-0.2, 0) is 0 Å². The molecule has 0 aliphatic heterocycles. The second kappa shape index (κ2) is 9.58. The van der Waals surface area contributed by atoms with Gasteiger partial charge in [0.15, 0.2) is 0 Å². The molecule has 0 saturated carbocycles. The van der Waals surface area contributed by atoms with Crippen LogP contribution in [0.15, 0.2) is 82.7 Å². The highest BCUT2D eigenvalue weighted by atomic mass is 19.1. The fourth-order valence-electron chi connectivity index (χ4n) is 3.30. The maximum atomic E-state index is 13.8. The van der Waals surface area contributed by atoms with Gasteiger partial charge < -0.3 is 4.74 Å². The van der Waals surface area contributed by atoms with E-state index in [1.54, 1.807) is 30.3 Å². The number of ether oxygens (including phenoxy) is 1. The van der Waals surface area contributed by atoms with E-state index in [-0.39, 0.29) is 23.0 Å². The molecule has 3 aromatic carbocycles. The molecule has 8 heteroatoms. The van der Waals surface area contributed by atoms with Gasteiger partial charge in [0, 0.05) is 11.1 Å². The molecule has 33 heavy (non-hydrogen) atoms. The molecule has 0 atom stereocenters. The van der Waals surface area contributed by atoms with Crippen molar-refractivity contribution in [2.75, 3.05) is 12.5 Å². The number of aromatic nitrogens is 2. The first-order valence-corrected chi connectivity index (χ1v) is 9.92. The zero-order chi connectivity index (χ0) is 23.2. The molecule has 0 amide bonds. The molecular formula is C25H18FN5O2. The van der Waals surface area contributed by atoms with Crippen molar-refractivity contribution in [1.29, 1.82) is 5.26 Å². The van der Waals surface area contributed by atoms with Gasteiger partial charge in [-0.05, 0) is 35.4 Å². The van der Waals surface area contributed by atoms with E-state index < -0.39 is 5.56 Å². The molecule has 0 fully saturated rings. The van der Waals surface area contributed by atoms with Crippen LogP contribution < -0.4 is 15.7 Å². The summed E-state index contributed by atoms with van der Waals surface area (Å²) in [5, 5.41) is 13.5. The third kappa shape index (κ3) is 4.78. The van der Waals surface area contributed by atoms with Gasteiger partial charge in [0.05, 0.1) is 19.0 Å². The van der Waals surface area contributed by atoms with E-state index in [4.69, 9.17) is 4.74 Å². The summed E-state index contributed by atoms with van der Waals surface area (Å²) in [4.78, 5) is 19.2. The van der Waals surface area contributed by atoms with E-state index in [0.717, 1.165) is 11.1 Å². The number of hydrazone groups is 1. The Morgan fingerprint density at radius 2 is 1.88 bits per heavy atom. The van der Waals surface area contributed by atoms with Gasteiger partial charge in [-0.2, -0.15) is 10.4 Å². The molecule has 0 radical (unpaired) electrons. The van der Waals surface area contributed by atoms with Crippen LogP contribution in [0.1, 0.15) is 11.1 Å². The van der Waals surface area contributed by atoms with Crippen molar-refractivity contribution < 1.29 is 9.13 Å². The van der Waals surface area contributed by atoms with Crippen LogP contribution in [0, 0.1) is 17.1 Å². The average Bonchev–Trinajstić information content (AvgIpc) is 2.84. The minimum atomic E-state index is -0.566. The number of nitrogens with one attached hydrogen (secondary N) is 2. The van der Waals surface area contributed by atoms with Crippen molar-refractivity contribution in [3.8, 4) is 34.2 Å². The number of nitrogens with zero attached hydrogens (tertiary/aromatic N) is 3. The minimum Gasteiger partial charge on any atom is -0.496 e. The van der Waals surface area contributed by atoms with Crippen molar-refractivity contribution in [3.63, 3.8) is 0 Å². The lowest BCUT2D eigenvalue weighted by atomic mass is 10.0. The summed E-state index contributed by atoms with van der Waals surface area (Å²) in [7, 11) is 1.53. The number of rotatable bonds is 6. The number of anilines is 1. The number of nitriles is 1. The Balaban J connectivity index is 1.60. The topological polar surface area (TPSA) is 103 Å². The number of benzene rings is 3. The number of halogens is 1. The summed E-state index contributed by atoms with van der Waals surface area (Å²) >= 11 is 0. The second-order valence-corrected chi connectivity index (χ2v) is 6.96. The summed E-state index contributed by atoms with van der Waals surface area (Å²) in [6.07, 6.45) is 1.54. The molecule has 7 nitrogen and oxygen atoms in total. The summed E-state index contributed by atoms with van der Waals surface area (Å²) in [5.41, 5.74) is 5.06. The normalized spacial score (nSPS) is 10.7. The van der Waals surface area contributed by atoms with Gasteiger partial charge in [-0.25, -0.2) is 14.8 Å². The summed E-state index contributed by atoms with van der Waals surface area (Å²) in [6, 6.07) is 22.5. The molecule has 1 heterocycles. The van der Waals surface area contributed by atoms with Gasteiger partial charge >= 0.3 is 0 Å². The van der Waals surface area contributed by atoms with Gasteiger partial charge in [0.25, 0.3) is 5.56 Å². The van der Waals surface area contributed by atoms with Gasteiger partial charge in [-0.1, -0.05) is 48.5 Å². The van der Waals surface area contributed by atoms with Crippen molar-refractivity contribution in [1.82, 2.24) is 9.97 Å². The van der Waals surface area contributed by atoms with Crippen LogP contribution in [0.3, 0.4) is 0 Å². The Labute approximate surface area is 188 Å². The number of methoxy groups -OCH3 is 1. The van der Waals surface area contributed by atoms with Crippen LogP contribution in [0.4, 0.5) is 10.3 Å². The molecular weight excluding hydrogens is 421 g/mol. The van der Waals surface area contributed by atoms with E-state index in [0.29, 0.717) is 16.9 Å². The first-order chi connectivity index (χ1) is 16.1. The summed E-state index contributed by atoms with van der Waals surface area (Å²) in [6.45, 7) is 0. The summed E-state index contributed by atoms with van der Waals surface area (Å²) < 4.78 is 19.1. The number of hydrogen-bond donors (Lipinski definition) is 2. The van der Waals surface area contributed by atoms with Crippen LogP contribution in [-0.4, -0.2) is 23.3 Å². The van der Waals surface area contributed by atoms with E-state index >= 15 is 0 Å². The van der Waals surface area contributed by atoms with Crippen molar-refractivity contribution in [3.05, 3.63) is 100 Å². The fourth-order valence-corrected chi connectivity index (χ4v) is 3.30. The number of hydrogen-bond acceptors (Lipinski definition) is 6. The highest BCUT2D eigenvalue weighted by Gasteiger charge is 2.13. The molecule has 0 spiro atoms. The van der Waals surface area contributed by atoms with E-state index in [9.17, 15) is 14.4 Å². The predicted octanol–water partition coefficient (Wildman–Crippen LogP) is 4.57. The Kier molecular flexibility index (Phi) is 6.23. The van der Waals surface area contributed by atoms with E-state index in [1.165, 1.54) is 25.5 Å². The predicted molar refractivity (Wildman–Crippen MR) is 125 cm³/mol. The van der Waals surface area contributed by atoms with Crippen LogP contribution in [0.2, 0.25) is 0 Å². The van der Waals surface area contributed by atoms with Crippen LogP contribution >= 0.6 is 0 Å². The van der Waals surface area contributed by atoms with Crippen LogP contribution in [0.5, 0.6) is 5.75 Å². The molecule has 0 bridgehead atoms. The Morgan fingerprint density at radius 1 is 1.09 bits per heavy atom. The highest BCUT2D eigenvalue weighted by Crippen LogP contribution is 2.31. The molecule has 4 aromatic rings. The molecule has 0 aliphatic rings. The maximum Gasteiger partial charge on any atom is 0.270 e. The third-order valence-corrected chi connectivity index (χ3v) is 4.82. The molecule has 1 aromatic heterocycles. The first kappa shape index (κ1) is 21.5. The van der Waals surface area contributed by atoms with E-state index in [1.807, 2.05) is 36.4 Å². The molecule has 0 unspecified atom stereocenters. The summed E-state index contributed by atoms with van der Waals surface area (Å²) in [5.74, 6) is 0.282. The SMILES string of the molecule is COc1ccc(F)cc1-c1cccc(C=NNc2nc(-c3ccccc3)c(C#N)c(=O)[nH]2)c1. The zero-order valence-electron chi connectivity index (χ0n) is 17.5. The lowest BCUT2D eigenvalue weighted by Gasteiger charge is -2.09. The smallest absolute Gasteiger partial charge is 0.270 e. The molecule has 162 valence electrons. The van der Waals surface area contributed by atoms with Crippen molar-refractivity contribution in [2.24, 2.45) is 5.10 Å². The first-order valence-electron chi connectivity index (χ1n) is 9.92. The number of aromatic amines is 1. The Hall–Kier alpha value is -4.77. The van der Waals surface area contributed by atoms with Crippen molar-refractivity contribution >= 4 is 12.2 Å². The lowest BCUT2D eigenvalue weighted by Crippen LogP contribution is -2.16. The maximum absolute atomic E-state index is 13.8. The van der Waals surface area contributed by atoms with Gasteiger partial charge in [0.1, 0.15) is 23.2 Å². The van der Waals surface area contributed by atoms with Gasteiger partial charge in [-0.3, -0.25) is 9.78 Å². The quantitative estimate of drug-likeness (QED) is 0.338. The number of H-pyrrole nitrogens is 1. The molecule has 0 aliphatic carbocycles. The second-order valence-electron chi connectivity index (χ2n) is 6.96. The Morgan fingerprint density at radius 3 is 2.64 bits per heavy atom. The fraction of sp³-hybridized carbons (Fsp3) is 0.0400. The minimum absolute atomic E-state index is 0.0764. The largest absolute Gasteiger partial charge is 0.496 e. The standard InChI is InChI=1S/C25H18FN5O2/c1-33-22-11-10-19(26)13-20(22)18-9-5-6-16(12-18)15-28-31-25-29-23(17-7-3-2-4-8-17)21(14-27)24(32)30-25/h2-13,15H,1H3,(H2,29,30,31,32). The molecule has 2 N–H and O–H groups in total. The average molecular weight is 439 g/mol. The third-order valence-electron chi connectivity index (χ3n) is 4.82.